The lowest BCUT2D eigenvalue weighted by Gasteiger charge is -2.31. The minimum Gasteiger partial charge on any atom is -0.284 e. The van der Waals surface area contributed by atoms with E-state index in [1.807, 2.05) is 6.07 Å². The summed E-state index contributed by atoms with van der Waals surface area (Å²) in [5.74, 6) is 0. The normalized spacial score (nSPS) is 18.9. The molecular weight excluding hydrogens is 220 g/mol. The summed E-state index contributed by atoms with van der Waals surface area (Å²) >= 11 is 0. The second-order valence-electron chi connectivity index (χ2n) is 4.42. The highest BCUT2D eigenvalue weighted by molar-refractivity contribution is 5.48. The van der Waals surface area contributed by atoms with Crippen LogP contribution in [0, 0.1) is 0 Å². The van der Waals surface area contributed by atoms with E-state index in [9.17, 15) is 0 Å². The third-order valence-electron chi connectivity index (χ3n) is 3.16. The largest absolute Gasteiger partial charge is 0.284 e. The third kappa shape index (κ3) is 2.29. The molecule has 2 aromatic carbocycles. The molecule has 1 aliphatic rings. The molecule has 0 spiro atoms. The minimum absolute atomic E-state index is 0.344. The molecule has 1 unspecified atom stereocenters. The first-order valence-electron chi connectivity index (χ1n) is 6.25. The number of hydrogen-bond donors (Lipinski definition) is 1. The summed E-state index contributed by atoms with van der Waals surface area (Å²) in [6.45, 7) is 0. The van der Waals surface area contributed by atoms with Gasteiger partial charge in [0.15, 0.2) is 0 Å². The molecule has 1 atom stereocenters. The van der Waals surface area contributed by atoms with Crippen LogP contribution in [0.25, 0.3) is 0 Å². The van der Waals surface area contributed by atoms with Gasteiger partial charge in [0.1, 0.15) is 0 Å². The summed E-state index contributed by atoms with van der Waals surface area (Å²) in [7, 11) is 0. The summed E-state index contributed by atoms with van der Waals surface area (Å²) in [6.07, 6.45) is 5.32. The van der Waals surface area contributed by atoms with Gasteiger partial charge in [0.25, 0.3) is 0 Å². The Hall–Kier alpha value is -2.06. The van der Waals surface area contributed by atoms with Gasteiger partial charge in [-0.3, -0.25) is 5.01 Å². The van der Waals surface area contributed by atoms with Gasteiger partial charge in [-0.1, -0.05) is 54.6 Å². The molecule has 0 fully saturated rings. The fourth-order valence-corrected chi connectivity index (χ4v) is 2.21. The monoisotopic (exact) mass is 236 g/mol. The lowest BCUT2D eigenvalue weighted by Crippen LogP contribution is -2.39. The van der Waals surface area contributed by atoms with E-state index in [1.165, 1.54) is 5.56 Å². The number of benzene rings is 2. The Morgan fingerprint density at radius 3 is 2.28 bits per heavy atom. The first-order chi connectivity index (χ1) is 8.93. The Labute approximate surface area is 108 Å². The van der Waals surface area contributed by atoms with Crippen LogP contribution < -0.4 is 10.4 Å². The summed E-state index contributed by atoms with van der Waals surface area (Å²) in [6, 6.07) is 21.2. The number of anilines is 1. The maximum Gasteiger partial charge on any atom is 0.0570 e. The molecule has 2 aromatic rings. The van der Waals surface area contributed by atoms with Crippen LogP contribution in [0.2, 0.25) is 0 Å². The molecule has 0 radical (unpaired) electrons. The summed E-state index contributed by atoms with van der Waals surface area (Å²) in [4.78, 5) is 0. The van der Waals surface area contributed by atoms with Crippen LogP contribution in [0.1, 0.15) is 18.0 Å². The van der Waals surface area contributed by atoms with E-state index in [4.69, 9.17) is 0 Å². The number of nitrogens with one attached hydrogen (secondary N) is 1. The predicted octanol–water partition coefficient (Wildman–Crippen LogP) is 3.66. The zero-order valence-electron chi connectivity index (χ0n) is 10.2. The fraction of sp³-hybridized carbons (Fsp3) is 0.125. The maximum atomic E-state index is 3.53. The SMILES string of the molecule is C1=CN(c2ccccc2)NC(c2ccccc2)C1. The topological polar surface area (TPSA) is 15.3 Å². The Morgan fingerprint density at radius 1 is 0.889 bits per heavy atom. The van der Waals surface area contributed by atoms with Gasteiger partial charge in [-0.05, 0) is 24.1 Å². The molecule has 90 valence electrons. The lowest BCUT2D eigenvalue weighted by molar-refractivity contribution is 0.524. The van der Waals surface area contributed by atoms with Crippen LogP contribution in [0.15, 0.2) is 72.9 Å². The molecule has 3 rings (SSSR count). The smallest absolute Gasteiger partial charge is 0.0570 e. The molecule has 0 aromatic heterocycles. The predicted molar refractivity (Wildman–Crippen MR) is 75.0 cm³/mol. The summed E-state index contributed by atoms with van der Waals surface area (Å²) < 4.78 is 0. The number of para-hydroxylation sites is 1. The zero-order chi connectivity index (χ0) is 12.2. The van der Waals surface area contributed by atoms with E-state index < -0.39 is 0 Å². The van der Waals surface area contributed by atoms with Gasteiger partial charge in [0.05, 0.1) is 11.7 Å². The molecule has 1 heterocycles. The molecule has 0 saturated carbocycles. The van der Waals surface area contributed by atoms with Crippen molar-refractivity contribution in [2.24, 2.45) is 0 Å². The Bertz CT molecular complexity index is 519. The molecular formula is C16H16N2. The van der Waals surface area contributed by atoms with Gasteiger partial charge in [-0.25, -0.2) is 5.43 Å². The fourth-order valence-electron chi connectivity index (χ4n) is 2.21. The lowest BCUT2D eigenvalue weighted by atomic mass is 10.0. The van der Waals surface area contributed by atoms with Gasteiger partial charge < -0.3 is 0 Å². The standard InChI is InChI=1S/C16H16N2/c1-3-8-14(9-4-1)16-12-7-13-18(17-16)15-10-5-2-6-11-15/h1-11,13,16-17H,12H2. The van der Waals surface area contributed by atoms with Crippen LogP contribution >= 0.6 is 0 Å². The van der Waals surface area contributed by atoms with Crippen molar-refractivity contribution in [3.8, 4) is 0 Å². The molecule has 0 aliphatic carbocycles. The minimum atomic E-state index is 0.344. The van der Waals surface area contributed by atoms with Crippen LogP contribution in [-0.4, -0.2) is 0 Å². The van der Waals surface area contributed by atoms with Gasteiger partial charge in [0.2, 0.25) is 0 Å². The van der Waals surface area contributed by atoms with E-state index in [0.717, 1.165) is 12.1 Å². The van der Waals surface area contributed by atoms with E-state index in [2.05, 4.69) is 77.3 Å². The highest BCUT2D eigenvalue weighted by Crippen LogP contribution is 2.24. The number of nitrogens with zero attached hydrogens (tertiary/aromatic N) is 1. The number of hydrazine groups is 1. The third-order valence-corrected chi connectivity index (χ3v) is 3.16. The Kier molecular flexibility index (Phi) is 3.11. The van der Waals surface area contributed by atoms with Crippen molar-refractivity contribution in [1.82, 2.24) is 5.43 Å². The Morgan fingerprint density at radius 2 is 1.56 bits per heavy atom. The van der Waals surface area contributed by atoms with Crippen molar-refractivity contribution in [2.75, 3.05) is 5.01 Å². The molecule has 0 bridgehead atoms. The van der Waals surface area contributed by atoms with Crippen molar-refractivity contribution < 1.29 is 0 Å². The number of rotatable bonds is 2. The average molecular weight is 236 g/mol. The number of hydrogen-bond acceptors (Lipinski definition) is 2. The molecule has 1 N–H and O–H groups in total. The van der Waals surface area contributed by atoms with Crippen molar-refractivity contribution in [1.29, 1.82) is 0 Å². The first-order valence-corrected chi connectivity index (χ1v) is 6.25. The van der Waals surface area contributed by atoms with Gasteiger partial charge in [-0.15, -0.1) is 0 Å². The van der Waals surface area contributed by atoms with Crippen molar-refractivity contribution in [3.05, 3.63) is 78.5 Å². The molecule has 0 saturated heterocycles. The van der Waals surface area contributed by atoms with Crippen molar-refractivity contribution in [2.45, 2.75) is 12.5 Å². The van der Waals surface area contributed by atoms with Gasteiger partial charge in [0, 0.05) is 6.20 Å². The quantitative estimate of drug-likeness (QED) is 0.856. The first kappa shape index (κ1) is 11.1. The van der Waals surface area contributed by atoms with Crippen molar-refractivity contribution in [3.63, 3.8) is 0 Å². The second kappa shape index (κ2) is 5.07. The van der Waals surface area contributed by atoms with Crippen LogP contribution in [0.3, 0.4) is 0 Å². The molecule has 18 heavy (non-hydrogen) atoms. The van der Waals surface area contributed by atoms with Crippen LogP contribution in [0.4, 0.5) is 5.69 Å². The Balaban J connectivity index is 1.81. The summed E-state index contributed by atoms with van der Waals surface area (Å²) in [5, 5.41) is 2.08. The van der Waals surface area contributed by atoms with E-state index in [-0.39, 0.29) is 0 Å². The van der Waals surface area contributed by atoms with Gasteiger partial charge >= 0.3 is 0 Å². The van der Waals surface area contributed by atoms with Crippen molar-refractivity contribution >= 4 is 5.69 Å². The second-order valence-corrected chi connectivity index (χ2v) is 4.42. The average Bonchev–Trinajstić information content (AvgIpc) is 2.49. The molecule has 2 heteroatoms. The van der Waals surface area contributed by atoms with E-state index >= 15 is 0 Å². The maximum absolute atomic E-state index is 3.53. The van der Waals surface area contributed by atoms with E-state index in [1.54, 1.807) is 0 Å². The van der Waals surface area contributed by atoms with E-state index in [0.29, 0.717) is 6.04 Å². The highest BCUT2D eigenvalue weighted by Gasteiger charge is 2.16. The summed E-state index contributed by atoms with van der Waals surface area (Å²) in [5.41, 5.74) is 6.02. The van der Waals surface area contributed by atoms with Gasteiger partial charge in [-0.2, -0.15) is 0 Å². The van der Waals surface area contributed by atoms with Crippen LogP contribution in [-0.2, 0) is 0 Å². The molecule has 0 amide bonds. The molecule has 2 nitrogen and oxygen atoms in total. The molecule has 1 aliphatic heterocycles. The zero-order valence-corrected chi connectivity index (χ0v) is 10.2. The highest BCUT2D eigenvalue weighted by atomic mass is 15.5. The van der Waals surface area contributed by atoms with Crippen LogP contribution in [0.5, 0.6) is 0 Å².